The molecule has 0 aromatic rings. The third kappa shape index (κ3) is 2.27. The zero-order valence-corrected chi connectivity index (χ0v) is 16.0. The molecule has 0 saturated heterocycles. The summed E-state index contributed by atoms with van der Waals surface area (Å²) in [4.78, 5) is 24.3. The fourth-order valence-electron chi connectivity index (χ4n) is 7.32. The van der Waals surface area contributed by atoms with Gasteiger partial charge in [-0.15, -0.1) is 0 Å². The highest BCUT2D eigenvalue weighted by atomic mass is 16.4. The Morgan fingerprint density at radius 3 is 2.63 bits per heavy atom. The minimum absolute atomic E-state index is 0.0533. The van der Waals surface area contributed by atoms with Crippen LogP contribution in [-0.2, 0) is 9.59 Å². The van der Waals surface area contributed by atoms with Gasteiger partial charge < -0.3 is 20.4 Å². The van der Waals surface area contributed by atoms with Crippen LogP contribution < -0.4 is 0 Å². The zero-order chi connectivity index (χ0) is 19.8. The summed E-state index contributed by atoms with van der Waals surface area (Å²) in [6.07, 6.45) is 3.01. The van der Waals surface area contributed by atoms with Crippen LogP contribution in [0.3, 0.4) is 0 Å². The van der Waals surface area contributed by atoms with E-state index in [-0.39, 0.29) is 35.4 Å². The molecule has 4 aliphatic carbocycles. The summed E-state index contributed by atoms with van der Waals surface area (Å²) in [5, 5.41) is 42.4. The number of ketones is 2. The van der Waals surface area contributed by atoms with Crippen LogP contribution in [0, 0.1) is 28.6 Å². The normalized spacial score (nSPS) is 51.9. The molecule has 0 aromatic heterocycles. The molecule has 150 valence electrons. The smallest absolute Gasteiger partial charge is 0.192 e. The fraction of sp³-hybridized carbons (Fsp3) is 0.810. The monoisotopic (exact) mass is 378 g/mol. The molecule has 6 heteroatoms. The summed E-state index contributed by atoms with van der Waals surface area (Å²) in [5.41, 5.74) is -2.15. The van der Waals surface area contributed by atoms with Crippen molar-refractivity contribution in [2.24, 2.45) is 28.6 Å². The second-order valence-electron chi connectivity index (χ2n) is 9.68. The van der Waals surface area contributed by atoms with E-state index in [1.54, 1.807) is 13.0 Å². The van der Waals surface area contributed by atoms with Gasteiger partial charge in [-0.05, 0) is 61.3 Å². The molecule has 4 aliphatic rings. The third-order valence-electron chi connectivity index (χ3n) is 8.69. The van der Waals surface area contributed by atoms with Crippen molar-refractivity contribution in [3.63, 3.8) is 0 Å². The van der Waals surface area contributed by atoms with Gasteiger partial charge in [0.2, 0.25) is 0 Å². The predicted molar refractivity (Wildman–Crippen MR) is 96.5 cm³/mol. The van der Waals surface area contributed by atoms with Gasteiger partial charge in [0.1, 0.15) is 6.61 Å². The number of carbonyl (C=O) groups excluding carboxylic acids is 2. The maximum atomic E-state index is 12.4. The average molecular weight is 378 g/mol. The van der Waals surface area contributed by atoms with Crippen LogP contribution in [0.1, 0.15) is 52.4 Å². The van der Waals surface area contributed by atoms with Crippen molar-refractivity contribution in [2.75, 3.05) is 6.61 Å². The number of aliphatic hydroxyl groups is 4. The lowest BCUT2D eigenvalue weighted by atomic mass is 9.45. The molecule has 3 saturated carbocycles. The Hall–Kier alpha value is -1.08. The number of rotatable bonds is 2. The Morgan fingerprint density at radius 1 is 1.26 bits per heavy atom. The summed E-state index contributed by atoms with van der Waals surface area (Å²) in [5.74, 6) is -0.726. The molecule has 0 heterocycles. The van der Waals surface area contributed by atoms with Gasteiger partial charge in [-0.2, -0.15) is 0 Å². The second kappa shape index (κ2) is 5.96. The largest absolute Gasteiger partial charge is 0.393 e. The highest BCUT2D eigenvalue weighted by Crippen LogP contribution is 2.67. The molecule has 0 aromatic carbocycles. The van der Waals surface area contributed by atoms with Crippen molar-refractivity contribution in [1.29, 1.82) is 0 Å². The van der Waals surface area contributed by atoms with Crippen LogP contribution in [0.25, 0.3) is 0 Å². The lowest BCUT2D eigenvalue weighted by molar-refractivity contribution is -0.193. The van der Waals surface area contributed by atoms with Gasteiger partial charge in [0, 0.05) is 11.8 Å². The van der Waals surface area contributed by atoms with Crippen molar-refractivity contribution in [2.45, 2.75) is 70.2 Å². The van der Waals surface area contributed by atoms with Crippen LogP contribution in [0.2, 0.25) is 0 Å². The Bertz CT molecular complexity index is 715. The Labute approximate surface area is 159 Å². The molecular weight excluding hydrogens is 348 g/mol. The highest BCUT2D eigenvalue weighted by Gasteiger charge is 2.71. The van der Waals surface area contributed by atoms with E-state index in [0.29, 0.717) is 19.3 Å². The molecule has 27 heavy (non-hydrogen) atoms. The van der Waals surface area contributed by atoms with E-state index in [1.165, 1.54) is 0 Å². The van der Waals surface area contributed by atoms with Crippen molar-refractivity contribution in [1.82, 2.24) is 0 Å². The van der Waals surface area contributed by atoms with Gasteiger partial charge in [0.05, 0.1) is 12.2 Å². The first-order valence-electron chi connectivity index (χ1n) is 10.1. The second-order valence-corrected chi connectivity index (χ2v) is 9.68. The van der Waals surface area contributed by atoms with Crippen LogP contribution in [0.15, 0.2) is 11.6 Å². The standard InChI is InChI=1S/C21H30O6/c1-19-6-5-12(23)7-11(19)3-4-13-14-8-16(25)21(27,17(26)10-22)20(14,2)9-15(24)18(13)19/h7,13-16,18,22,24-25,27H,3-6,8-10H2,1-2H3/t13-,14+,15+,16+,18+,19-,20-,21-/m0/s1. The fourth-order valence-corrected chi connectivity index (χ4v) is 7.32. The summed E-state index contributed by atoms with van der Waals surface area (Å²) in [7, 11) is 0. The van der Waals surface area contributed by atoms with Crippen LogP contribution in [-0.4, -0.2) is 56.4 Å². The predicted octanol–water partition coefficient (Wildman–Crippen LogP) is 0.752. The summed E-state index contributed by atoms with van der Waals surface area (Å²) < 4.78 is 0. The van der Waals surface area contributed by atoms with Gasteiger partial charge >= 0.3 is 0 Å². The van der Waals surface area contributed by atoms with Gasteiger partial charge in [-0.3, -0.25) is 9.59 Å². The van der Waals surface area contributed by atoms with Crippen LogP contribution in [0.5, 0.6) is 0 Å². The number of fused-ring (bicyclic) bond motifs is 5. The maximum Gasteiger partial charge on any atom is 0.192 e. The number of allylic oxidation sites excluding steroid dienone is 1. The number of aliphatic hydroxyl groups excluding tert-OH is 3. The molecule has 4 N–H and O–H groups in total. The third-order valence-corrected chi connectivity index (χ3v) is 8.69. The van der Waals surface area contributed by atoms with E-state index in [0.717, 1.165) is 18.4 Å². The average Bonchev–Trinajstić information content (AvgIpc) is 2.82. The van der Waals surface area contributed by atoms with E-state index in [9.17, 15) is 30.0 Å². The minimum Gasteiger partial charge on any atom is -0.393 e. The van der Waals surface area contributed by atoms with Crippen LogP contribution in [0.4, 0.5) is 0 Å². The molecule has 0 spiro atoms. The van der Waals surface area contributed by atoms with Crippen molar-refractivity contribution in [3.05, 3.63) is 11.6 Å². The first-order valence-corrected chi connectivity index (χ1v) is 10.1. The Kier molecular flexibility index (Phi) is 4.25. The van der Waals surface area contributed by atoms with E-state index >= 15 is 0 Å². The lowest BCUT2D eigenvalue weighted by Crippen LogP contribution is -2.64. The molecule has 4 rings (SSSR count). The molecular formula is C21H30O6. The zero-order valence-electron chi connectivity index (χ0n) is 16.0. The molecule has 0 amide bonds. The number of Topliss-reactive ketones (excluding diaryl/α,β-unsaturated/α-hetero) is 1. The highest BCUT2D eigenvalue weighted by molar-refractivity contribution is 5.92. The van der Waals surface area contributed by atoms with Gasteiger partial charge in [-0.25, -0.2) is 0 Å². The van der Waals surface area contributed by atoms with Gasteiger partial charge in [0.25, 0.3) is 0 Å². The Morgan fingerprint density at radius 2 is 1.96 bits per heavy atom. The van der Waals surface area contributed by atoms with Crippen LogP contribution >= 0.6 is 0 Å². The molecule has 6 nitrogen and oxygen atoms in total. The molecule has 0 aliphatic heterocycles. The van der Waals surface area contributed by atoms with E-state index in [4.69, 9.17) is 0 Å². The SMILES string of the molecule is C[C@]12CCC(=O)C=C1CC[C@@H]1[C@@H]2[C@H](O)C[C@@]2(C)[C@@H]1C[C@@H](O)[C@]2(O)C(=O)CO. The minimum atomic E-state index is -2.03. The molecule has 3 fully saturated rings. The van der Waals surface area contributed by atoms with E-state index in [1.807, 2.05) is 0 Å². The maximum absolute atomic E-state index is 12.4. The van der Waals surface area contributed by atoms with E-state index in [2.05, 4.69) is 6.92 Å². The first-order chi connectivity index (χ1) is 12.6. The van der Waals surface area contributed by atoms with Gasteiger partial charge in [-0.1, -0.05) is 19.4 Å². The van der Waals surface area contributed by atoms with Crippen molar-refractivity contribution >= 4 is 11.6 Å². The summed E-state index contributed by atoms with van der Waals surface area (Å²) in [6.45, 7) is 3.08. The first kappa shape index (κ1) is 19.2. The molecule has 0 radical (unpaired) electrons. The van der Waals surface area contributed by atoms with Gasteiger partial charge in [0.15, 0.2) is 17.2 Å². The van der Waals surface area contributed by atoms with Crippen molar-refractivity contribution in [3.8, 4) is 0 Å². The van der Waals surface area contributed by atoms with E-state index < -0.39 is 35.6 Å². The molecule has 0 bridgehead atoms. The Balaban J connectivity index is 1.77. The summed E-state index contributed by atoms with van der Waals surface area (Å²) >= 11 is 0. The summed E-state index contributed by atoms with van der Waals surface area (Å²) in [6, 6.07) is 0. The molecule has 0 unspecified atom stereocenters. The molecule has 8 atom stereocenters. The topological polar surface area (TPSA) is 115 Å². The number of carbonyl (C=O) groups is 2. The van der Waals surface area contributed by atoms with Crippen molar-refractivity contribution < 1.29 is 30.0 Å². The number of hydrogen-bond donors (Lipinski definition) is 4. The lowest BCUT2D eigenvalue weighted by Gasteiger charge is -2.60. The number of hydrogen-bond acceptors (Lipinski definition) is 6. The quantitative estimate of drug-likeness (QED) is 0.564.